The van der Waals surface area contributed by atoms with Crippen LogP contribution in [0.4, 0.5) is 14.5 Å². The van der Waals surface area contributed by atoms with E-state index in [0.717, 1.165) is 18.2 Å². The molecule has 6 nitrogen and oxygen atoms in total. The van der Waals surface area contributed by atoms with E-state index in [0.29, 0.717) is 13.2 Å². The topological polar surface area (TPSA) is 75.7 Å². The van der Waals surface area contributed by atoms with Crippen LogP contribution in [0, 0.1) is 11.6 Å². The minimum Gasteiger partial charge on any atom is -0.379 e. The molecule has 1 aliphatic rings. The molecule has 0 unspecified atom stereocenters. The number of hydrogen-bond acceptors (Lipinski definition) is 4. The van der Waals surface area contributed by atoms with Crippen LogP contribution in [0.25, 0.3) is 0 Å². The van der Waals surface area contributed by atoms with Crippen LogP contribution in [-0.2, 0) is 14.8 Å². The molecule has 2 aromatic carbocycles. The van der Waals surface area contributed by atoms with Gasteiger partial charge in [-0.1, -0.05) is 6.07 Å². The first-order valence-corrected chi connectivity index (χ1v) is 9.26. The van der Waals surface area contributed by atoms with E-state index in [-0.39, 0.29) is 29.2 Å². The number of carbonyl (C=O) groups is 1. The summed E-state index contributed by atoms with van der Waals surface area (Å²) in [4.78, 5) is 12.3. The average molecular weight is 382 g/mol. The van der Waals surface area contributed by atoms with Crippen LogP contribution in [0.3, 0.4) is 0 Å². The molecule has 1 heterocycles. The summed E-state index contributed by atoms with van der Waals surface area (Å²) < 4.78 is 58.6. The Morgan fingerprint density at radius 3 is 2.54 bits per heavy atom. The normalized spacial score (nSPS) is 15.6. The molecular formula is C17H16F2N2O4S. The Morgan fingerprint density at radius 2 is 1.81 bits per heavy atom. The quantitative estimate of drug-likeness (QED) is 0.880. The summed E-state index contributed by atoms with van der Waals surface area (Å²) in [5.74, 6) is -2.24. The first-order chi connectivity index (χ1) is 12.4. The zero-order chi connectivity index (χ0) is 18.7. The molecule has 0 atom stereocenters. The van der Waals surface area contributed by atoms with Crippen LogP contribution in [0.15, 0.2) is 47.4 Å². The Morgan fingerprint density at radius 1 is 1.08 bits per heavy atom. The lowest BCUT2D eigenvalue weighted by atomic mass is 10.2. The highest BCUT2D eigenvalue weighted by Crippen LogP contribution is 2.20. The molecule has 1 saturated heterocycles. The predicted octanol–water partition coefficient (Wildman–Crippen LogP) is 2.24. The van der Waals surface area contributed by atoms with Gasteiger partial charge in [-0.15, -0.1) is 0 Å². The van der Waals surface area contributed by atoms with Crippen molar-refractivity contribution in [1.82, 2.24) is 4.31 Å². The van der Waals surface area contributed by atoms with E-state index in [1.807, 2.05) is 0 Å². The summed E-state index contributed by atoms with van der Waals surface area (Å²) in [7, 11) is -3.77. The fraction of sp³-hybridized carbons (Fsp3) is 0.235. The molecule has 1 N–H and O–H groups in total. The molecule has 0 saturated carbocycles. The van der Waals surface area contributed by atoms with Crippen LogP contribution >= 0.6 is 0 Å². The molecule has 2 aromatic rings. The number of hydrogen-bond donors (Lipinski definition) is 1. The van der Waals surface area contributed by atoms with Crippen molar-refractivity contribution in [2.24, 2.45) is 0 Å². The second-order valence-electron chi connectivity index (χ2n) is 5.62. The molecule has 0 bridgehead atoms. The number of benzene rings is 2. The largest absolute Gasteiger partial charge is 0.379 e. The zero-order valence-electron chi connectivity index (χ0n) is 13.6. The van der Waals surface area contributed by atoms with Crippen molar-refractivity contribution in [3.05, 3.63) is 59.7 Å². The lowest BCUT2D eigenvalue weighted by Gasteiger charge is -2.26. The summed E-state index contributed by atoms with van der Waals surface area (Å²) in [5.41, 5.74) is -0.306. The van der Waals surface area contributed by atoms with Gasteiger partial charge in [-0.3, -0.25) is 4.79 Å². The Balaban J connectivity index is 1.84. The molecule has 0 radical (unpaired) electrons. The number of nitrogens with one attached hydrogen (secondary N) is 1. The van der Waals surface area contributed by atoms with Gasteiger partial charge in [0.2, 0.25) is 10.0 Å². The number of rotatable bonds is 4. The number of morpholine rings is 1. The van der Waals surface area contributed by atoms with E-state index in [1.165, 1.54) is 28.6 Å². The number of sulfonamides is 1. The van der Waals surface area contributed by atoms with Gasteiger partial charge in [0, 0.05) is 24.7 Å². The van der Waals surface area contributed by atoms with Crippen LogP contribution in [-0.4, -0.2) is 44.9 Å². The lowest BCUT2D eigenvalue weighted by Crippen LogP contribution is -2.40. The standard InChI is InChI=1S/C17H16F2N2O4S/c18-13-4-5-15(19)16(11-13)20-17(22)12-2-1-3-14(10-12)26(23,24)21-6-8-25-9-7-21/h1-5,10-11H,6-9H2,(H,20,22). The molecule has 9 heteroatoms. The van der Waals surface area contributed by atoms with Gasteiger partial charge in [0.15, 0.2) is 0 Å². The Bertz CT molecular complexity index is 928. The van der Waals surface area contributed by atoms with E-state index in [9.17, 15) is 22.0 Å². The summed E-state index contributed by atoms with van der Waals surface area (Å²) in [6.45, 7) is 1.07. The molecule has 3 rings (SSSR count). The average Bonchev–Trinajstić information content (AvgIpc) is 2.65. The van der Waals surface area contributed by atoms with Gasteiger partial charge in [0.05, 0.1) is 23.8 Å². The van der Waals surface area contributed by atoms with E-state index >= 15 is 0 Å². The SMILES string of the molecule is O=C(Nc1cc(F)ccc1F)c1cccc(S(=O)(=O)N2CCOCC2)c1. The van der Waals surface area contributed by atoms with Gasteiger partial charge in [-0.2, -0.15) is 4.31 Å². The van der Waals surface area contributed by atoms with E-state index in [4.69, 9.17) is 4.74 Å². The molecule has 1 amide bonds. The zero-order valence-corrected chi connectivity index (χ0v) is 14.4. The van der Waals surface area contributed by atoms with Crippen molar-refractivity contribution < 1.29 is 26.7 Å². The maximum atomic E-state index is 13.7. The van der Waals surface area contributed by atoms with Crippen molar-refractivity contribution in [2.75, 3.05) is 31.6 Å². The van der Waals surface area contributed by atoms with Gasteiger partial charge in [-0.25, -0.2) is 17.2 Å². The minimum atomic E-state index is -3.77. The number of ether oxygens (including phenoxy) is 1. The molecule has 138 valence electrons. The monoisotopic (exact) mass is 382 g/mol. The maximum Gasteiger partial charge on any atom is 0.255 e. The summed E-state index contributed by atoms with van der Waals surface area (Å²) in [5, 5.41) is 2.24. The van der Waals surface area contributed by atoms with Crippen molar-refractivity contribution in [3.63, 3.8) is 0 Å². The van der Waals surface area contributed by atoms with Crippen LogP contribution in [0.5, 0.6) is 0 Å². The van der Waals surface area contributed by atoms with E-state index in [2.05, 4.69) is 5.32 Å². The van der Waals surface area contributed by atoms with Crippen LogP contribution in [0.2, 0.25) is 0 Å². The Labute approximate surface area is 149 Å². The second-order valence-corrected chi connectivity index (χ2v) is 7.56. The van der Waals surface area contributed by atoms with Crippen molar-refractivity contribution in [2.45, 2.75) is 4.90 Å². The Hall–Kier alpha value is -2.36. The molecular weight excluding hydrogens is 366 g/mol. The molecule has 26 heavy (non-hydrogen) atoms. The van der Waals surface area contributed by atoms with Gasteiger partial charge in [-0.05, 0) is 30.3 Å². The van der Waals surface area contributed by atoms with E-state index < -0.39 is 27.6 Å². The summed E-state index contributed by atoms with van der Waals surface area (Å²) in [6.07, 6.45) is 0. The predicted molar refractivity (Wildman–Crippen MR) is 90.3 cm³/mol. The molecule has 1 fully saturated rings. The smallest absolute Gasteiger partial charge is 0.255 e. The van der Waals surface area contributed by atoms with Gasteiger partial charge < -0.3 is 10.1 Å². The van der Waals surface area contributed by atoms with Gasteiger partial charge in [0.1, 0.15) is 11.6 Å². The van der Waals surface area contributed by atoms with Crippen LogP contribution < -0.4 is 5.32 Å². The Kier molecular flexibility index (Phi) is 5.30. The third kappa shape index (κ3) is 3.90. The highest BCUT2D eigenvalue weighted by atomic mass is 32.2. The minimum absolute atomic E-state index is 0.0167. The maximum absolute atomic E-state index is 13.7. The first-order valence-electron chi connectivity index (χ1n) is 7.82. The number of amides is 1. The fourth-order valence-electron chi connectivity index (χ4n) is 2.52. The fourth-order valence-corrected chi connectivity index (χ4v) is 3.98. The first kappa shape index (κ1) is 18.4. The van der Waals surface area contributed by atoms with Crippen molar-refractivity contribution >= 4 is 21.6 Å². The highest BCUT2D eigenvalue weighted by molar-refractivity contribution is 7.89. The van der Waals surface area contributed by atoms with E-state index in [1.54, 1.807) is 0 Å². The summed E-state index contributed by atoms with van der Waals surface area (Å²) in [6, 6.07) is 8.07. The van der Waals surface area contributed by atoms with Crippen molar-refractivity contribution in [1.29, 1.82) is 0 Å². The molecule has 0 spiro atoms. The lowest BCUT2D eigenvalue weighted by molar-refractivity contribution is 0.0730. The van der Waals surface area contributed by atoms with Gasteiger partial charge in [0.25, 0.3) is 5.91 Å². The second kappa shape index (κ2) is 7.48. The molecule has 0 aliphatic carbocycles. The van der Waals surface area contributed by atoms with Crippen molar-refractivity contribution in [3.8, 4) is 0 Å². The number of halogens is 2. The van der Waals surface area contributed by atoms with Gasteiger partial charge >= 0.3 is 0 Å². The third-order valence-corrected chi connectivity index (χ3v) is 5.78. The third-order valence-electron chi connectivity index (χ3n) is 3.88. The van der Waals surface area contributed by atoms with Crippen LogP contribution in [0.1, 0.15) is 10.4 Å². The molecule has 0 aromatic heterocycles. The number of carbonyl (C=O) groups excluding carboxylic acids is 1. The molecule has 1 aliphatic heterocycles. The summed E-state index contributed by atoms with van der Waals surface area (Å²) >= 11 is 0. The number of anilines is 1. The number of nitrogens with zero attached hydrogens (tertiary/aromatic N) is 1. The highest BCUT2D eigenvalue weighted by Gasteiger charge is 2.27.